The van der Waals surface area contributed by atoms with Gasteiger partial charge in [0.25, 0.3) is 0 Å². The minimum Gasteiger partial charge on any atom is -0.481 e. The van der Waals surface area contributed by atoms with Crippen molar-refractivity contribution in [2.45, 2.75) is 13.5 Å². The lowest BCUT2D eigenvalue weighted by molar-refractivity contribution is 0.298. The van der Waals surface area contributed by atoms with Crippen LogP contribution in [0.1, 0.15) is 11.1 Å². The molecule has 3 nitrogen and oxygen atoms in total. The van der Waals surface area contributed by atoms with E-state index in [1.54, 1.807) is 42.5 Å². The molecule has 0 fully saturated rings. The van der Waals surface area contributed by atoms with Gasteiger partial charge in [-0.1, -0.05) is 53.0 Å². The van der Waals surface area contributed by atoms with Crippen LogP contribution in [0.2, 0.25) is 10.0 Å². The molecule has 0 bridgehead atoms. The van der Waals surface area contributed by atoms with Crippen molar-refractivity contribution in [2.75, 3.05) is 0 Å². The van der Waals surface area contributed by atoms with E-state index in [-0.39, 0.29) is 17.8 Å². The molecule has 1 aromatic heterocycles. The maximum atomic E-state index is 13.1. The van der Waals surface area contributed by atoms with E-state index in [1.807, 2.05) is 31.2 Å². The zero-order valence-electron chi connectivity index (χ0n) is 15.0. The van der Waals surface area contributed by atoms with Crippen LogP contribution in [-0.2, 0) is 6.61 Å². The SMILES string of the molecule is Cc1ccc(COc2c(-c3ccc(Cl)cc3)oc3ccc(Cl)cc3c2=O)cc1. The van der Waals surface area contributed by atoms with Crippen LogP contribution in [0.25, 0.3) is 22.3 Å². The van der Waals surface area contributed by atoms with E-state index in [9.17, 15) is 4.79 Å². The van der Waals surface area contributed by atoms with Gasteiger partial charge in [0, 0.05) is 15.6 Å². The highest BCUT2D eigenvalue weighted by molar-refractivity contribution is 6.31. The Kier molecular flexibility index (Phi) is 5.12. The van der Waals surface area contributed by atoms with Gasteiger partial charge in [-0.2, -0.15) is 0 Å². The topological polar surface area (TPSA) is 39.4 Å². The summed E-state index contributed by atoms with van der Waals surface area (Å²) in [6, 6.07) is 20.0. The summed E-state index contributed by atoms with van der Waals surface area (Å²) >= 11 is 12.1. The number of halogens is 2. The third-order valence-electron chi connectivity index (χ3n) is 4.42. The van der Waals surface area contributed by atoms with Gasteiger partial charge < -0.3 is 9.15 Å². The van der Waals surface area contributed by atoms with Crippen LogP contribution >= 0.6 is 23.2 Å². The Morgan fingerprint density at radius 1 is 0.893 bits per heavy atom. The van der Waals surface area contributed by atoms with Crippen molar-refractivity contribution in [3.05, 3.63) is 98.1 Å². The Morgan fingerprint density at radius 3 is 2.29 bits per heavy atom. The predicted octanol–water partition coefficient (Wildman–Crippen LogP) is 6.65. The van der Waals surface area contributed by atoms with Gasteiger partial charge in [-0.3, -0.25) is 4.79 Å². The van der Waals surface area contributed by atoms with Crippen LogP contribution in [-0.4, -0.2) is 0 Å². The molecular formula is C23H16Cl2O3. The third-order valence-corrected chi connectivity index (χ3v) is 4.91. The average molecular weight is 411 g/mol. The first-order chi connectivity index (χ1) is 13.5. The lowest BCUT2D eigenvalue weighted by Gasteiger charge is -2.12. The summed E-state index contributed by atoms with van der Waals surface area (Å²) in [6.45, 7) is 2.27. The number of hydrogen-bond donors (Lipinski definition) is 0. The normalized spacial score (nSPS) is 11.0. The highest BCUT2D eigenvalue weighted by Gasteiger charge is 2.18. The third kappa shape index (κ3) is 3.77. The molecule has 0 atom stereocenters. The van der Waals surface area contributed by atoms with E-state index < -0.39 is 0 Å². The Morgan fingerprint density at radius 2 is 1.57 bits per heavy atom. The number of benzene rings is 3. The fourth-order valence-corrected chi connectivity index (χ4v) is 3.21. The summed E-state index contributed by atoms with van der Waals surface area (Å²) in [6.07, 6.45) is 0. The molecule has 0 aliphatic rings. The van der Waals surface area contributed by atoms with Crippen LogP contribution in [0.4, 0.5) is 0 Å². The molecule has 0 unspecified atom stereocenters. The molecule has 0 saturated carbocycles. The number of fused-ring (bicyclic) bond motifs is 1. The maximum absolute atomic E-state index is 13.1. The van der Waals surface area contributed by atoms with Crippen molar-refractivity contribution in [3.63, 3.8) is 0 Å². The molecule has 0 aliphatic carbocycles. The second kappa shape index (κ2) is 7.70. The lowest BCUT2D eigenvalue weighted by atomic mass is 10.1. The molecule has 1 heterocycles. The molecule has 0 saturated heterocycles. The van der Waals surface area contributed by atoms with E-state index >= 15 is 0 Å². The van der Waals surface area contributed by atoms with Crippen LogP contribution in [0.15, 0.2) is 75.9 Å². The Balaban J connectivity index is 1.84. The number of hydrogen-bond acceptors (Lipinski definition) is 3. The zero-order valence-corrected chi connectivity index (χ0v) is 16.6. The summed E-state index contributed by atoms with van der Waals surface area (Å²) in [5.41, 5.74) is 3.00. The van der Waals surface area contributed by atoms with Gasteiger partial charge in [-0.05, 0) is 55.0 Å². The first kappa shape index (κ1) is 18.6. The molecule has 3 aromatic carbocycles. The predicted molar refractivity (Wildman–Crippen MR) is 113 cm³/mol. The van der Waals surface area contributed by atoms with Gasteiger partial charge in [-0.15, -0.1) is 0 Å². The van der Waals surface area contributed by atoms with Crippen molar-refractivity contribution in [2.24, 2.45) is 0 Å². The van der Waals surface area contributed by atoms with Gasteiger partial charge in [0.1, 0.15) is 12.2 Å². The first-order valence-electron chi connectivity index (χ1n) is 8.72. The molecule has 0 radical (unpaired) electrons. The molecule has 5 heteroatoms. The van der Waals surface area contributed by atoms with E-state index in [0.29, 0.717) is 32.3 Å². The maximum Gasteiger partial charge on any atom is 0.235 e. The van der Waals surface area contributed by atoms with Crippen molar-refractivity contribution in [1.82, 2.24) is 0 Å². The summed E-state index contributed by atoms with van der Waals surface area (Å²) in [4.78, 5) is 13.1. The largest absolute Gasteiger partial charge is 0.481 e. The summed E-state index contributed by atoms with van der Waals surface area (Å²) in [5, 5.41) is 1.44. The van der Waals surface area contributed by atoms with Crippen molar-refractivity contribution in [1.29, 1.82) is 0 Å². The Labute approximate surface area is 172 Å². The van der Waals surface area contributed by atoms with Crippen molar-refractivity contribution < 1.29 is 9.15 Å². The highest BCUT2D eigenvalue weighted by Crippen LogP contribution is 2.32. The minimum absolute atomic E-state index is 0.151. The van der Waals surface area contributed by atoms with Gasteiger partial charge in [-0.25, -0.2) is 0 Å². The molecule has 0 spiro atoms. The van der Waals surface area contributed by atoms with Gasteiger partial charge in [0.2, 0.25) is 11.2 Å². The minimum atomic E-state index is -0.263. The summed E-state index contributed by atoms with van der Waals surface area (Å²) in [5.74, 6) is 0.515. The first-order valence-corrected chi connectivity index (χ1v) is 9.47. The highest BCUT2D eigenvalue weighted by atomic mass is 35.5. The van der Waals surface area contributed by atoms with Crippen molar-refractivity contribution >= 4 is 34.2 Å². The van der Waals surface area contributed by atoms with Crippen LogP contribution in [0.5, 0.6) is 5.75 Å². The molecule has 4 aromatic rings. The molecule has 4 rings (SSSR count). The molecule has 0 aliphatic heterocycles. The van der Waals surface area contributed by atoms with Crippen LogP contribution in [0, 0.1) is 6.92 Å². The fourth-order valence-electron chi connectivity index (χ4n) is 2.91. The second-order valence-electron chi connectivity index (χ2n) is 6.51. The number of rotatable bonds is 4. The van der Waals surface area contributed by atoms with Gasteiger partial charge in [0.15, 0.2) is 5.76 Å². The second-order valence-corrected chi connectivity index (χ2v) is 7.38. The Hall–Kier alpha value is -2.75. The van der Waals surface area contributed by atoms with Crippen LogP contribution in [0.3, 0.4) is 0 Å². The summed E-state index contributed by atoms with van der Waals surface area (Å²) in [7, 11) is 0. The van der Waals surface area contributed by atoms with Crippen LogP contribution < -0.4 is 10.2 Å². The molecule has 0 amide bonds. The smallest absolute Gasteiger partial charge is 0.235 e. The standard InChI is InChI=1S/C23H16Cl2O3/c1-14-2-4-15(5-3-14)13-27-23-21(26)19-12-18(25)10-11-20(19)28-22(23)16-6-8-17(24)9-7-16/h2-12H,13H2,1H3. The molecule has 140 valence electrons. The zero-order chi connectivity index (χ0) is 19.7. The van der Waals surface area contributed by atoms with E-state index in [2.05, 4.69) is 0 Å². The summed E-state index contributed by atoms with van der Waals surface area (Å²) < 4.78 is 12.0. The van der Waals surface area contributed by atoms with Crippen molar-refractivity contribution in [3.8, 4) is 17.1 Å². The van der Waals surface area contributed by atoms with Gasteiger partial charge >= 0.3 is 0 Å². The monoisotopic (exact) mass is 410 g/mol. The Bertz CT molecular complexity index is 1190. The fraction of sp³-hybridized carbons (Fsp3) is 0.0870. The van der Waals surface area contributed by atoms with Gasteiger partial charge in [0.05, 0.1) is 5.39 Å². The number of aryl methyl sites for hydroxylation is 1. The average Bonchev–Trinajstić information content (AvgIpc) is 2.69. The molecule has 0 N–H and O–H groups in total. The number of ether oxygens (including phenoxy) is 1. The lowest BCUT2D eigenvalue weighted by Crippen LogP contribution is -2.10. The van der Waals surface area contributed by atoms with E-state index in [1.165, 1.54) is 0 Å². The molecule has 28 heavy (non-hydrogen) atoms. The quantitative estimate of drug-likeness (QED) is 0.377. The molecular weight excluding hydrogens is 395 g/mol. The van der Waals surface area contributed by atoms with E-state index in [0.717, 1.165) is 11.1 Å². The van der Waals surface area contributed by atoms with E-state index in [4.69, 9.17) is 32.4 Å².